The molecular formula is C5H8N2O2. The van der Waals surface area contributed by atoms with Gasteiger partial charge in [-0.2, -0.15) is 9.81 Å². The summed E-state index contributed by atoms with van der Waals surface area (Å²) in [6.45, 7) is 0.260. The smallest absolute Gasteiger partial charge is 0.0966 e. The lowest BCUT2D eigenvalue weighted by Gasteiger charge is -2.28. The Bertz CT molecular complexity index is 126. The van der Waals surface area contributed by atoms with Crippen LogP contribution in [0.2, 0.25) is 0 Å². The molecule has 0 saturated heterocycles. The van der Waals surface area contributed by atoms with Crippen molar-refractivity contribution in [1.82, 2.24) is 0 Å². The molecule has 0 aromatic rings. The summed E-state index contributed by atoms with van der Waals surface area (Å²) in [5, 5.41) is 5.55. The molecule has 0 aromatic heterocycles. The fraction of sp³-hybridized carbons (Fsp3) is 1.00. The Balaban J connectivity index is 2.26. The number of nitroso groups, excluding NO2 is 2. The van der Waals surface area contributed by atoms with Crippen LogP contribution in [0, 0.1) is 15.7 Å². The van der Waals surface area contributed by atoms with Crippen LogP contribution >= 0.6 is 0 Å². The molecule has 0 heterocycles. The molecule has 50 valence electrons. The van der Waals surface area contributed by atoms with Crippen molar-refractivity contribution in [1.29, 1.82) is 0 Å². The van der Waals surface area contributed by atoms with Crippen molar-refractivity contribution in [3.8, 4) is 0 Å². The molecular weight excluding hydrogens is 120 g/mol. The van der Waals surface area contributed by atoms with Gasteiger partial charge in [-0.1, -0.05) is 10.4 Å². The van der Waals surface area contributed by atoms with Crippen LogP contribution in [0.15, 0.2) is 10.4 Å². The Morgan fingerprint density at radius 1 is 1.33 bits per heavy atom. The summed E-state index contributed by atoms with van der Waals surface area (Å²) in [5.41, 5.74) is 0. The van der Waals surface area contributed by atoms with Crippen LogP contribution in [0.25, 0.3) is 0 Å². The summed E-state index contributed by atoms with van der Waals surface area (Å²) in [4.78, 5) is 19.6. The molecule has 1 unspecified atom stereocenters. The molecule has 0 radical (unpaired) electrons. The first-order valence-corrected chi connectivity index (χ1v) is 3.00. The summed E-state index contributed by atoms with van der Waals surface area (Å²) in [5.74, 6) is 0.153. The first-order chi connectivity index (χ1) is 4.38. The normalized spacial score (nSPS) is 32.9. The highest BCUT2D eigenvalue weighted by Crippen LogP contribution is 2.30. The van der Waals surface area contributed by atoms with Gasteiger partial charge in [0.05, 0.1) is 12.6 Å². The van der Waals surface area contributed by atoms with E-state index < -0.39 is 0 Å². The van der Waals surface area contributed by atoms with Gasteiger partial charge in [0.2, 0.25) is 0 Å². The zero-order valence-electron chi connectivity index (χ0n) is 4.99. The minimum absolute atomic E-state index is 0.123. The number of hydrogen-bond donors (Lipinski definition) is 0. The van der Waals surface area contributed by atoms with Gasteiger partial charge in [0.15, 0.2) is 0 Å². The van der Waals surface area contributed by atoms with Gasteiger partial charge in [0.25, 0.3) is 0 Å². The van der Waals surface area contributed by atoms with Crippen LogP contribution in [-0.2, 0) is 0 Å². The third kappa shape index (κ3) is 1.12. The summed E-state index contributed by atoms with van der Waals surface area (Å²) in [6, 6.07) is -0.123. The van der Waals surface area contributed by atoms with Crippen LogP contribution in [0.5, 0.6) is 0 Å². The van der Waals surface area contributed by atoms with E-state index in [1.807, 2.05) is 0 Å². The summed E-state index contributed by atoms with van der Waals surface area (Å²) < 4.78 is 0. The van der Waals surface area contributed by atoms with Crippen molar-refractivity contribution < 1.29 is 0 Å². The monoisotopic (exact) mass is 128 g/mol. The average Bonchev–Trinajstić information content (AvgIpc) is 1.82. The predicted octanol–water partition coefficient (Wildman–Crippen LogP) is 1.30. The van der Waals surface area contributed by atoms with Crippen molar-refractivity contribution >= 4 is 0 Å². The second kappa shape index (κ2) is 2.66. The standard InChI is InChI=1S/C5H8N2O2/c8-6-3-4-1-2-5(4)7-9/h4-5H,1-3H2/t4?,5-/m1/s1. The van der Waals surface area contributed by atoms with Crippen molar-refractivity contribution in [2.45, 2.75) is 18.9 Å². The number of hydrogen-bond acceptors (Lipinski definition) is 4. The first kappa shape index (κ1) is 6.32. The van der Waals surface area contributed by atoms with Crippen LogP contribution in [0.1, 0.15) is 12.8 Å². The summed E-state index contributed by atoms with van der Waals surface area (Å²) in [6.07, 6.45) is 1.77. The van der Waals surface area contributed by atoms with E-state index in [0.717, 1.165) is 12.8 Å². The second-order valence-electron chi connectivity index (χ2n) is 2.32. The molecule has 2 atom stereocenters. The van der Waals surface area contributed by atoms with Gasteiger partial charge >= 0.3 is 0 Å². The number of nitrogens with zero attached hydrogens (tertiary/aromatic N) is 2. The molecule has 1 aliphatic rings. The zero-order chi connectivity index (χ0) is 6.69. The minimum Gasteiger partial charge on any atom is -0.151 e. The van der Waals surface area contributed by atoms with Crippen molar-refractivity contribution in [3.63, 3.8) is 0 Å². The molecule has 0 amide bonds. The number of rotatable bonds is 3. The molecule has 4 nitrogen and oxygen atoms in total. The van der Waals surface area contributed by atoms with E-state index in [2.05, 4.69) is 10.4 Å². The highest BCUT2D eigenvalue weighted by Gasteiger charge is 2.31. The highest BCUT2D eigenvalue weighted by atomic mass is 16.3. The van der Waals surface area contributed by atoms with Gasteiger partial charge in [-0.3, -0.25) is 0 Å². The molecule has 0 spiro atoms. The lowest BCUT2D eigenvalue weighted by Crippen LogP contribution is -2.31. The SMILES string of the molecule is O=NCC1CC[C@H]1N=O. The van der Waals surface area contributed by atoms with Crippen LogP contribution in [0.4, 0.5) is 0 Å². The Morgan fingerprint density at radius 3 is 2.44 bits per heavy atom. The first-order valence-electron chi connectivity index (χ1n) is 3.00. The third-order valence-electron chi connectivity index (χ3n) is 1.82. The maximum atomic E-state index is 9.88. The van der Waals surface area contributed by atoms with Gasteiger partial charge < -0.3 is 0 Å². The van der Waals surface area contributed by atoms with E-state index in [0.29, 0.717) is 0 Å². The maximum Gasteiger partial charge on any atom is 0.0966 e. The lowest BCUT2D eigenvalue weighted by molar-refractivity contribution is 0.266. The fourth-order valence-electron chi connectivity index (χ4n) is 0.999. The molecule has 9 heavy (non-hydrogen) atoms. The van der Waals surface area contributed by atoms with Gasteiger partial charge in [-0.15, -0.1) is 0 Å². The topological polar surface area (TPSA) is 58.9 Å². The van der Waals surface area contributed by atoms with Crippen molar-refractivity contribution in [2.75, 3.05) is 6.54 Å². The average molecular weight is 128 g/mol. The lowest BCUT2D eigenvalue weighted by atomic mass is 9.80. The van der Waals surface area contributed by atoms with E-state index in [1.54, 1.807) is 0 Å². The predicted molar refractivity (Wildman–Crippen MR) is 33.0 cm³/mol. The van der Waals surface area contributed by atoms with Gasteiger partial charge in [0.1, 0.15) is 0 Å². The molecule has 0 aromatic carbocycles. The largest absolute Gasteiger partial charge is 0.151 e. The van der Waals surface area contributed by atoms with E-state index in [9.17, 15) is 9.81 Å². The van der Waals surface area contributed by atoms with Gasteiger partial charge in [0, 0.05) is 5.92 Å². The summed E-state index contributed by atoms with van der Waals surface area (Å²) in [7, 11) is 0. The molecule has 1 rings (SSSR count). The van der Waals surface area contributed by atoms with Crippen LogP contribution in [0.3, 0.4) is 0 Å². The van der Waals surface area contributed by atoms with Crippen molar-refractivity contribution in [2.24, 2.45) is 16.3 Å². The summed E-state index contributed by atoms with van der Waals surface area (Å²) >= 11 is 0. The van der Waals surface area contributed by atoms with E-state index >= 15 is 0 Å². The van der Waals surface area contributed by atoms with Gasteiger partial charge in [-0.05, 0) is 12.8 Å². The molecule has 1 aliphatic carbocycles. The quantitative estimate of drug-likeness (QED) is 0.538. The van der Waals surface area contributed by atoms with Crippen molar-refractivity contribution in [3.05, 3.63) is 9.81 Å². The molecule has 0 bridgehead atoms. The van der Waals surface area contributed by atoms with E-state index in [4.69, 9.17) is 0 Å². The Morgan fingerprint density at radius 2 is 2.11 bits per heavy atom. The molecule has 1 saturated carbocycles. The fourth-order valence-corrected chi connectivity index (χ4v) is 0.999. The van der Waals surface area contributed by atoms with E-state index in [1.165, 1.54) is 0 Å². The molecule has 4 heteroatoms. The van der Waals surface area contributed by atoms with Gasteiger partial charge in [-0.25, -0.2) is 0 Å². The zero-order valence-corrected chi connectivity index (χ0v) is 4.99. The Kier molecular flexibility index (Phi) is 1.87. The van der Waals surface area contributed by atoms with Crippen LogP contribution < -0.4 is 0 Å². The molecule has 1 fully saturated rings. The Labute approximate surface area is 52.6 Å². The Hall–Kier alpha value is -0.800. The molecule has 0 aliphatic heterocycles. The molecule has 0 N–H and O–H groups in total. The highest BCUT2D eigenvalue weighted by molar-refractivity contribution is 4.87. The minimum atomic E-state index is -0.123. The maximum absolute atomic E-state index is 9.88. The van der Waals surface area contributed by atoms with Crippen LogP contribution in [-0.4, -0.2) is 12.6 Å². The second-order valence-corrected chi connectivity index (χ2v) is 2.32. The third-order valence-corrected chi connectivity index (χ3v) is 1.82. The van der Waals surface area contributed by atoms with E-state index in [-0.39, 0.29) is 18.5 Å².